The molecule has 2 N–H and O–H groups in total. The van der Waals surface area contributed by atoms with E-state index in [-0.39, 0.29) is 0 Å². The highest BCUT2D eigenvalue weighted by atomic mass is 16.5. The zero-order valence-corrected chi connectivity index (χ0v) is 18.2. The molecule has 0 saturated carbocycles. The van der Waals surface area contributed by atoms with E-state index >= 15 is 0 Å². The molecule has 1 aliphatic heterocycles. The number of rotatable bonds is 7. The molecule has 1 saturated heterocycles. The number of nitrogens with one attached hydrogen (secondary N) is 2. The number of aromatic nitrogens is 2. The molecule has 1 aliphatic rings. The van der Waals surface area contributed by atoms with E-state index in [0.717, 1.165) is 54.7 Å². The molecule has 0 bridgehead atoms. The predicted octanol–water partition coefficient (Wildman–Crippen LogP) is 3.21. The van der Waals surface area contributed by atoms with Crippen LogP contribution < -0.4 is 20.3 Å². The second-order valence-electron chi connectivity index (χ2n) is 7.52. The quantitative estimate of drug-likeness (QED) is 0.456. The molecule has 7 heteroatoms. The first-order chi connectivity index (χ1) is 15.3. The van der Waals surface area contributed by atoms with Gasteiger partial charge in [0, 0.05) is 38.1 Å². The molecule has 0 amide bonds. The Morgan fingerprint density at radius 2 is 1.94 bits per heavy atom. The van der Waals surface area contributed by atoms with Crippen LogP contribution in [0.3, 0.4) is 0 Å². The van der Waals surface area contributed by atoms with Crippen molar-refractivity contribution in [2.45, 2.75) is 25.9 Å². The van der Waals surface area contributed by atoms with E-state index in [2.05, 4.69) is 51.8 Å². The van der Waals surface area contributed by atoms with Crippen molar-refractivity contribution in [3.05, 3.63) is 72.6 Å². The molecule has 0 aliphatic carbocycles. The van der Waals surface area contributed by atoms with Gasteiger partial charge in [-0.2, -0.15) is 5.10 Å². The molecule has 0 spiro atoms. The van der Waals surface area contributed by atoms with Crippen molar-refractivity contribution in [1.82, 2.24) is 20.4 Å². The molecule has 1 unspecified atom stereocenters. The molecule has 7 nitrogen and oxygen atoms in total. The molecule has 2 heterocycles. The molecule has 3 aromatic rings. The van der Waals surface area contributed by atoms with Gasteiger partial charge in [0.05, 0.1) is 25.0 Å². The van der Waals surface area contributed by atoms with Crippen LogP contribution in [0.15, 0.2) is 72.0 Å². The molecule has 31 heavy (non-hydrogen) atoms. The van der Waals surface area contributed by atoms with Crippen molar-refractivity contribution in [2.75, 3.05) is 31.6 Å². The van der Waals surface area contributed by atoms with E-state index in [0.29, 0.717) is 12.6 Å². The standard InChI is InChI=1S/C24H30N6O/c1-3-25-24(26-17-19-9-4-5-10-21(19)30-15-8-14-27-30)28-20-13-16-29(18-20)22-11-6-7-12-23(22)31-2/h4-12,14-15,20H,3,13,16-18H2,1-2H3,(H2,25,26,28). The summed E-state index contributed by atoms with van der Waals surface area (Å²) in [4.78, 5) is 7.23. The molecule has 1 aromatic heterocycles. The Morgan fingerprint density at radius 3 is 2.71 bits per heavy atom. The highest BCUT2D eigenvalue weighted by molar-refractivity contribution is 5.80. The Kier molecular flexibility index (Phi) is 6.72. The van der Waals surface area contributed by atoms with Gasteiger partial charge in [-0.3, -0.25) is 0 Å². The lowest BCUT2D eigenvalue weighted by Gasteiger charge is -2.22. The van der Waals surface area contributed by atoms with E-state index in [9.17, 15) is 0 Å². The van der Waals surface area contributed by atoms with E-state index in [1.165, 1.54) is 0 Å². The minimum Gasteiger partial charge on any atom is -0.495 e. The van der Waals surface area contributed by atoms with Gasteiger partial charge in [0.15, 0.2) is 5.96 Å². The maximum absolute atomic E-state index is 5.54. The largest absolute Gasteiger partial charge is 0.495 e. The van der Waals surface area contributed by atoms with E-state index < -0.39 is 0 Å². The fourth-order valence-corrected chi connectivity index (χ4v) is 3.94. The Balaban J connectivity index is 1.44. The van der Waals surface area contributed by atoms with E-state index in [4.69, 9.17) is 9.73 Å². The van der Waals surface area contributed by atoms with Crippen LogP contribution in [0.5, 0.6) is 5.75 Å². The third kappa shape index (κ3) is 4.99. The first-order valence-corrected chi connectivity index (χ1v) is 10.8. The number of anilines is 1. The fourth-order valence-electron chi connectivity index (χ4n) is 3.94. The number of aliphatic imine (C=N–C) groups is 1. The van der Waals surface area contributed by atoms with Crippen molar-refractivity contribution in [3.63, 3.8) is 0 Å². The number of nitrogens with zero attached hydrogens (tertiary/aromatic N) is 4. The third-order valence-electron chi connectivity index (χ3n) is 5.45. The van der Waals surface area contributed by atoms with Crippen molar-refractivity contribution in [3.8, 4) is 11.4 Å². The van der Waals surface area contributed by atoms with Gasteiger partial charge in [0.25, 0.3) is 0 Å². The van der Waals surface area contributed by atoms with Crippen LogP contribution in [0.25, 0.3) is 5.69 Å². The summed E-state index contributed by atoms with van der Waals surface area (Å²) < 4.78 is 7.42. The van der Waals surface area contributed by atoms with Gasteiger partial charge < -0.3 is 20.3 Å². The monoisotopic (exact) mass is 418 g/mol. The number of ether oxygens (including phenoxy) is 1. The van der Waals surface area contributed by atoms with Gasteiger partial charge in [-0.25, -0.2) is 9.67 Å². The molecule has 1 fully saturated rings. The molecule has 4 rings (SSSR count). The number of hydrogen-bond donors (Lipinski definition) is 2. The van der Waals surface area contributed by atoms with Crippen LogP contribution in [0, 0.1) is 0 Å². The molecular formula is C24H30N6O. The summed E-state index contributed by atoms with van der Waals surface area (Å²) in [7, 11) is 1.72. The molecule has 1 atom stereocenters. The lowest BCUT2D eigenvalue weighted by atomic mass is 10.2. The summed E-state index contributed by atoms with van der Waals surface area (Å²) in [6.45, 7) is 5.38. The highest BCUT2D eigenvalue weighted by Crippen LogP contribution is 2.30. The predicted molar refractivity (Wildman–Crippen MR) is 125 cm³/mol. The summed E-state index contributed by atoms with van der Waals surface area (Å²) in [5, 5.41) is 11.4. The maximum atomic E-state index is 5.54. The van der Waals surface area contributed by atoms with Gasteiger partial charge in [-0.05, 0) is 43.2 Å². The number of guanidine groups is 1. The highest BCUT2D eigenvalue weighted by Gasteiger charge is 2.25. The van der Waals surface area contributed by atoms with Gasteiger partial charge in [-0.1, -0.05) is 30.3 Å². The summed E-state index contributed by atoms with van der Waals surface area (Å²) in [5.41, 5.74) is 3.32. The van der Waals surface area contributed by atoms with Crippen molar-refractivity contribution in [2.24, 2.45) is 4.99 Å². The lowest BCUT2D eigenvalue weighted by molar-refractivity contribution is 0.415. The van der Waals surface area contributed by atoms with E-state index in [1.807, 2.05) is 41.2 Å². The van der Waals surface area contributed by atoms with Gasteiger partial charge in [0.1, 0.15) is 5.75 Å². The van der Waals surface area contributed by atoms with E-state index in [1.54, 1.807) is 13.3 Å². The zero-order valence-electron chi connectivity index (χ0n) is 18.2. The van der Waals surface area contributed by atoms with Crippen LogP contribution >= 0.6 is 0 Å². The average molecular weight is 419 g/mol. The first-order valence-electron chi connectivity index (χ1n) is 10.8. The summed E-state index contributed by atoms with van der Waals surface area (Å²) in [6.07, 6.45) is 4.79. The van der Waals surface area contributed by atoms with Gasteiger partial charge in [0.2, 0.25) is 0 Å². The summed E-state index contributed by atoms with van der Waals surface area (Å²) in [6, 6.07) is 18.7. The Bertz CT molecular complexity index is 1000. The Hall–Kier alpha value is -3.48. The minimum atomic E-state index is 0.323. The third-order valence-corrected chi connectivity index (χ3v) is 5.45. The smallest absolute Gasteiger partial charge is 0.191 e. The number of methoxy groups -OCH3 is 1. The Morgan fingerprint density at radius 1 is 1.13 bits per heavy atom. The van der Waals surface area contributed by atoms with Crippen LogP contribution in [0.1, 0.15) is 18.9 Å². The molecular weight excluding hydrogens is 388 g/mol. The molecule has 2 aromatic carbocycles. The van der Waals surface area contributed by atoms with Gasteiger partial charge >= 0.3 is 0 Å². The lowest BCUT2D eigenvalue weighted by Crippen LogP contribution is -2.44. The van der Waals surface area contributed by atoms with Crippen molar-refractivity contribution in [1.29, 1.82) is 0 Å². The number of para-hydroxylation sites is 3. The van der Waals surface area contributed by atoms with Gasteiger partial charge in [-0.15, -0.1) is 0 Å². The van der Waals surface area contributed by atoms with Crippen molar-refractivity contribution >= 4 is 11.6 Å². The maximum Gasteiger partial charge on any atom is 0.191 e. The SMILES string of the molecule is CCNC(=NCc1ccccc1-n1cccn1)NC1CCN(c2ccccc2OC)C1. The molecule has 0 radical (unpaired) electrons. The van der Waals surface area contributed by atoms with Crippen LogP contribution in [0.4, 0.5) is 5.69 Å². The second kappa shape index (κ2) is 10.0. The molecule has 162 valence electrons. The fraction of sp³-hybridized carbons (Fsp3) is 0.333. The normalized spacial score (nSPS) is 16.4. The summed E-state index contributed by atoms with van der Waals surface area (Å²) >= 11 is 0. The second-order valence-corrected chi connectivity index (χ2v) is 7.52. The zero-order chi connectivity index (χ0) is 21.5. The minimum absolute atomic E-state index is 0.323. The summed E-state index contributed by atoms with van der Waals surface area (Å²) in [5.74, 6) is 1.75. The number of hydrogen-bond acceptors (Lipinski definition) is 4. The van der Waals surface area contributed by atoms with Crippen LogP contribution in [0.2, 0.25) is 0 Å². The first kappa shape index (κ1) is 20.8. The topological polar surface area (TPSA) is 66.7 Å². The van der Waals surface area contributed by atoms with Crippen LogP contribution in [-0.2, 0) is 6.54 Å². The number of benzene rings is 2. The Labute approximate surface area is 183 Å². The average Bonchev–Trinajstić information content (AvgIpc) is 3.50. The van der Waals surface area contributed by atoms with Crippen LogP contribution in [-0.4, -0.2) is 48.5 Å². The van der Waals surface area contributed by atoms with Crippen molar-refractivity contribution < 1.29 is 4.74 Å².